The summed E-state index contributed by atoms with van der Waals surface area (Å²) in [6.07, 6.45) is 6.02. The molecule has 1 heterocycles. The highest BCUT2D eigenvalue weighted by atomic mass is 16.2. The van der Waals surface area contributed by atoms with E-state index in [9.17, 15) is 9.59 Å². The van der Waals surface area contributed by atoms with Crippen LogP contribution in [-0.4, -0.2) is 85.6 Å². The van der Waals surface area contributed by atoms with Crippen LogP contribution in [-0.2, 0) is 0 Å². The number of quaternary nitrogens is 2. The summed E-state index contributed by atoms with van der Waals surface area (Å²) in [6.45, 7) is 14.6. The zero-order valence-electron chi connectivity index (χ0n) is 20.0. The number of carbonyl (C=O) groups excluding carboxylic acids is 2. The molecule has 0 saturated carbocycles. The lowest BCUT2D eigenvalue weighted by molar-refractivity contribution is -0.923. The highest BCUT2D eigenvalue weighted by Gasteiger charge is 2.34. The van der Waals surface area contributed by atoms with Crippen molar-refractivity contribution in [3.05, 3.63) is 35.4 Å². The molecule has 0 radical (unpaired) electrons. The molecule has 0 fully saturated rings. The first-order valence-corrected chi connectivity index (χ1v) is 11.9. The molecule has 0 aliphatic carbocycles. The molecule has 1 aromatic carbocycles. The Hall–Kier alpha value is -1.72. The third-order valence-electron chi connectivity index (χ3n) is 7.18. The number of carbonyl (C=O) groups is 2. The van der Waals surface area contributed by atoms with E-state index in [2.05, 4.69) is 34.9 Å². The smallest absolute Gasteiger partial charge is 0.261 e. The fourth-order valence-electron chi connectivity index (χ4n) is 4.70. The van der Waals surface area contributed by atoms with Crippen molar-refractivity contribution in [1.82, 2.24) is 4.90 Å². The summed E-state index contributed by atoms with van der Waals surface area (Å²) >= 11 is 0. The predicted molar refractivity (Wildman–Crippen MR) is 123 cm³/mol. The summed E-state index contributed by atoms with van der Waals surface area (Å²) in [5.41, 5.74) is 1.10. The van der Waals surface area contributed by atoms with Gasteiger partial charge in [0.05, 0.1) is 64.5 Å². The fourth-order valence-corrected chi connectivity index (χ4v) is 4.70. The molecule has 1 aliphatic rings. The maximum Gasteiger partial charge on any atom is 0.261 e. The number of rotatable bonds is 14. The van der Waals surface area contributed by atoms with Crippen molar-refractivity contribution in [1.29, 1.82) is 0 Å². The summed E-state index contributed by atoms with van der Waals surface area (Å²) in [6, 6.07) is 7.14. The molecular formula is C25H43N3O2+2. The van der Waals surface area contributed by atoms with Crippen LogP contribution in [0, 0.1) is 0 Å². The summed E-state index contributed by atoms with van der Waals surface area (Å²) in [4.78, 5) is 26.4. The van der Waals surface area contributed by atoms with Gasteiger partial charge in [0.25, 0.3) is 11.8 Å². The van der Waals surface area contributed by atoms with E-state index in [-0.39, 0.29) is 11.8 Å². The van der Waals surface area contributed by atoms with Gasteiger partial charge in [-0.3, -0.25) is 14.5 Å². The molecule has 168 valence electrons. The lowest BCUT2D eigenvalue weighted by Gasteiger charge is -2.36. The fraction of sp³-hybridized carbons (Fsp3) is 0.680. The van der Waals surface area contributed by atoms with Crippen LogP contribution in [0.3, 0.4) is 0 Å². The lowest BCUT2D eigenvalue weighted by Crippen LogP contribution is -2.48. The molecule has 5 heteroatoms. The number of unbranched alkanes of at least 4 members (excludes halogenated alkanes) is 3. The van der Waals surface area contributed by atoms with Gasteiger partial charge in [-0.15, -0.1) is 0 Å². The second-order valence-corrected chi connectivity index (χ2v) is 9.47. The minimum Gasteiger partial charge on any atom is -0.328 e. The Balaban J connectivity index is 1.65. The topological polar surface area (TPSA) is 37.4 Å². The average Bonchev–Trinajstić information content (AvgIpc) is 2.99. The maximum atomic E-state index is 12.5. The first-order valence-electron chi connectivity index (χ1n) is 11.9. The quantitative estimate of drug-likeness (QED) is 0.259. The molecule has 0 atom stereocenters. The van der Waals surface area contributed by atoms with Gasteiger partial charge in [0.2, 0.25) is 0 Å². The van der Waals surface area contributed by atoms with E-state index < -0.39 is 0 Å². The molecule has 0 spiro atoms. The Morgan fingerprint density at radius 3 is 1.67 bits per heavy atom. The highest BCUT2D eigenvalue weighted by Crippen LogP contribution is 2.22. The van der Waals surface area contributed by atoms with Crippen molar-refractivity contribution in [3.8, 4) is 0 Å². The van der Waals surface area contributed by atoms with Crippen LogP contribution in [0.15, 0.2) is 24.3 Å². The molecule has 0 aromatic heterocycles. The van der Waals surface area contributed by atoms with Gasteiger partial charge < -0.3 is 8.97 Å². The van der Waals surface area contributed by atoms with E-state index in [1.54, 1.807) is 12.1 Å². The van der Waals surface area contributed by atoms with E-state index in [0.717, 1.165) is 24.0 Å². The first-order chi connectivity index (χ1) is 14.3. The van der Waals surface area contributed by atoms with Gasteiger partial charge in [-0.2, -0.15) is 0 Å². The van der Waals surface area contributed by atoms with Crippen molar-refractivity contribution >= 4 is 11.8 Å². The Morgan fingerprint density at radius 2 is 1.17 bits per heavy atom. The second kappa shape index (κ2) is 11.1. The standard InChI is InChI=1S/C25H43N3O2/c1-6-28(7-2,8-3)21-14-10-9-13-19-27(4,5)20-15-18-26-24(29)22-16-11-12-17-23(22)25(26)30/h11-12,16-17H,6-10,13-15,18-21H2,1-5H3/q+2. The molecule has 30 heavy (non-hydrogen) atoms. The molecule has 0 unspecified atom stereocenters. The number of benzene rings is 1. The molecule has 1 aliphatic heterocycles. The van der Waals surface area contributed by atoms with Crippen LogP contribution in [0.2, 0.25) is 0 Å². The zero-order valence-corrected chi connectivity index (χ0v) is 20.0. The molecular weight excluding hydrogens is 374 g/mol. The van der Waals surface area contributed by atoms with Gasteiger partial charge >= 0.3 is 0 Å². The van der Waals surface area contributed by atoms with Gasteiger partial charge in [-0.25, -0.2) is 0 Å². The lowest BCUT2D eigenvalue weighted by atomic mass is 10.1. The molecule has 2 rings (SSSR count). The monoisotopic (exact) mass is 417 g/mol. The van der Waals surface area contributed by atoms with Crippen LogP contribution in [0.4, 0.5) is 0 Å². The Labute approximate surface area is 183 Å². The van der Waals surface area contributed by atoms with Crippen molar-refractivity contribution in [3.63, 3.8) is 0 Å². The third-order valence-corrected chi connectivity index (χ3v) is 7.18. The van der Waals surface area contributed by atoms with Gasteiger partial charge in [-0.05, 0) is 58.6 Å². The van der Waals surface area contributed by atoms with Crippen molar-refractivity contribution in [2.45, 2.75) is 52.9 Å². The molecule has 2 amide bonds. The minimum absolute atomic E-state index is 0.137. The highest BCUT2D eigenvalue weighted by molar-refractivity contribution is 6.21. The van der Waals surface area contributed by atoms with Crippen LogP contribution in [0.5, 0.6) is 0 Å². The molecule has 0 saturated heterocycles. The Morgan fingerprint density at radius 1 is 0.700 bits per heavy atom. The SMILES string of the molecule is CC[N+](CC)(CC)CCCCCC[N+](C)(C)CCCN1C(=O)c2ccccc2C1=O. The largest absolute Gasteiger partial charge is 0.328 e. The van der Waals surface area contributed by atoms with Crippen LogP contribution >= 0.6 is 0 Å². The minimum atomic E-state index is -0.137. The Kier molecular flexibility index (Phi) is 9.05. The van der Waals surface area contributed by atoms with Crippen molar-refractivity contribution < 1.29 is 18.6 Å². The maximum absolute atomic E-state index is 12.5. The van der Waals surface area contributed by atoms with Crippen molar-refractivity contribution in [2.75, 3.05) is 59.9 Å². The molecule has 0 bridgehead atoms. The molecule has 1 aromatic rings. The van der Waals surface area contributed by atoms with Gasteiger partial charge in [-0.1, -0.05) is 12.1 Å². The van der Waals surface area contributed by atoms with E-state index >= 15 is 0 Å². The number of nitrogens with zero attached hydrogens (tertiary/aromatic N) is 3. The second-order valence-electron chi connectivity index (χ2n) is 9.47. The summed E-state index contributed by atoms with van der Waals surface area (Å²) in [5.74, 6) is -0.275. The third kappa shape index (κ3) is 6.14. The molecule has 0 N–H and O–H groups in total. The van der Waals surface area contributed by atoms with Gasteiger partial charge in [0.15, 0.2) is 0 Å². The summed E-state index contributed by atoms with van der Waals surface area (Å²) in [5, 5.41) is 0. The number of hydrogen-bond donors (Lipinski definition) is 0. The van der Waals surface area contributed by atoms with Crippen LogP contribution in [0.25, 0.3) is 0 Å². The number of amides is 2. The zero-order chi connectivity index (χ0) is 22.2. The van der Waals surface area contributed by atoms with Crippen LogP contribution in [0.1, 0.15) is 73.6 Å². The van der Waals surface area contributed by atoms with E-state index in [1.807, 2.05) is 12.1 Å². The first kappa shape index (κ1) is 24.5. The predicted octanol–water partition coefficient (Wildman–Crippen LogP) is 4.19. The number of imide groups is 1. The summed E-state index contributed by atoms with van der Waals surface area (Å²) < 4.78 is 2.20. The van der Waals surface area contributed by atoms with Gasteiger partial charge in [0, 0.05) is 13.0 Å². The Bertz CT molecular complexity index is 667. The molecule has 5 nitrogen and oxygen atoms in total. The summed E-state index contributed by atoms with van der Waals surface area (Å²) in [7, 11) is 4.52. The van der Waals surface area contributed by atoms with Crippen molar-refractivity contribution in [2.24, 2.45) is 0 Å². The normalized spacial score (nSPS) is 14.5. The average molecular weight is 418 g/mol. The van der Waals surface area contributed by atoms with Gasteiger partial charge in [0.1, 0.15) is 0 Å². The number of hydrogen-bond acceptors (Lipinski definition) is 2. The van der Waals surface area contributed by atoms with E-state index in [1.165, 1.54) is 61.2 Å². The van der Waals surface area contributed by atoms with Crippen LogP contribution < -0.4 is 0 Å². The number of fused-ring (bicyclic) bond motifs is 1. The van der Waals surface area contributed by atoms with E-state index in [4.69, 9.17) is 0 Å². The van der Waals surface area contributed by atoms with E-state index in [0.29, 0.717) is 17.7 Å².